The fraction of sp³-hybridized carbons (Fsp3) is 0.615. The number of hydrogen-bond donors (Lipinski definition) is 1. The molecule has 4 nitrogen and oxygen atoms in total. The highest BCUT2D eigenvalue weighted by molar-refractivity contribution is 7.89. The minimum absolute atomic E-state index is 0.175. The zero-order chi connectivity index (χ0) is 15.7. The number of halogens is 3. The highest BCUT2D eigenvalue weighted by atomic mass is 32.2. The van der Waals surface area contributed by atoms with Gasteiger partial charge in [-0.1, -0.05) is 19.8 Å². The van der Waals surface area contributed by atoms with E-state index < -0.39 is 21.9 Å². The standard InChI is InChI=1S/C13H17F3N2O2S/c1-9-4-2-3-5-11(9)18-21(19,20)10-6-7-12(17-8-10)13(14,15)16/h6-9,11,18H,2-5H2,1H3. The van der Waals surface area contributed by atoms with Crippen molar-refractivity contribution < 1.29 is 21.6 Å². The molecule has 0 aliphatic heterocycles. The fourth-order valence-corrected chi connectivity index (χ4v) is 3.79. The van der Waals surface area contributed by atoms with Crippen LogP contribution in [0, 0.1) is 5.92 Å². The molecule has 2 atom stereocenters. The number of nitrogens with zero attached hydrogens (tertiary/aromatic N) is 1. The van der Waals surface area contributed by atoms with Crippen LogP contribution < -0.4 is 4.72 Å². The minimum Gasteiger partial charge on any atom is -0.250 e. The molecule has 2 unspecified atom stereocenters. The molecule has 0 amide bonds. The lowest BCUT2D eigenvalue weighted by atomic mass is 9.87. The van der Waals surface area contributed by atoms with Crippen molar-refractivity contribution in [3.63, 3.8) is 0 Å². The molecule has 1 heterocycles. The average Bonchev–Trinajstić information content (AvgIpc) is 2.40. The molecule has 1 saturated carbocycles. The Kier molecular flexibility index (Phi) is 4.57. The van der Waals surface area contributed by atoms with Crippen LogP contribution >= 0.6 is 0 Å². The Morgan fingerprint density at radius 3 is 2.43 bits per heavy atom. The number of alkyl halides is 3. The Hall–Kier alpha value is -1.15. The lowest BCUT2D eigenvalue weighted by molar-refractivity contribution is -0.141. The van der Waals surface area contributed by atoms with Gasteiger partial charge in [0.1, 0.15) is 10.6 Å². The first-order chi connectivity index (χ1) is 9.70. The maximum Gasteiger partial charge on any atom is 0.433 e. The van der Waals surface area contributed by atoms with Crippen LogP contribution in [0.4, 0.5) is 13.2 Å². The Labute approximate surface area is 121 Å². The van der Waals surface area contributed by atoms with Crippen LogP contribution in [0.5, 0.6) is 0 Å². The normalized spacial score (nSPS) is 24.0. The van der Waals surface area contributed by atoms with Gasteiger partial charge < -0.3 is 0 Å². The summed E-state index contributed by atoms with van der Waals surface area (Å²) in [5.74, 6) is 0.218. The van der Waals surface area contributed by atoms with Crippen molar-refractivity contribution in [2.45, 2.75) is 49.7 Å². The van der Waals surface area contributed by atoms with Gasteiger partial charge in [0.15, 0.2) is 0 Å². The van der Waals surface area contributed by atoms with Crippen LogP contribution in [0.2, 0.25) is 0 Å². The molecular weight excluding hydrogens is 305 g/mol. The van der Waals surface area contributed by atoms with Crippen LogP contribution in [0.25, 0.3) is 0 Å². The second-order valence-corrected chi connectivity index (χ2v) is 7.08. The topological polar surface area (TPSA) is 59.1 Å². The molecule has 8 heteroatoms. The first kappa shape index (κ1) is 16.2. The second kappa shape index (κ2) is 5.92. The van der Waals surface area contributed by atoms with Crippen LogP contribution in [0.15, 0.2) is 23.2 Å². The highest BCUT2D eigenvalue weighted by Crippen LogP contribution is 2.28. The number of aromatic nitrogens is 1. The van der Waals surface area contributed by atoms with Crippen molar-refractivity contribution in [3.05, 3.63) is 24.0 Å². The minimum atomic E-state index is -4.58. The molecule has 0 bridgehead atoms. The van der Waals surface area contributed by atoms with E-state index in [1.165, 1.54) is 0 Å². The van der Waals surface area contributed by atoms with Gasteiger partial charge in [0, 0.05) is 12.2 Å². The zero-order valence-electron chi connectivity index (χ0n) is 11.5. The van der Waals surface area contributed by atoms with E-state index in [0.717, 1.165) is 37.9 Å². The van der Waals surface area contributed by atoms with Crippen LogP contribution in [0.3, 0.4) is 0 Å². The summed E-state index contributed by atoms with van der Waals surface area (Å²) in [6.45, 7) is 1.97. The van der Waals surface area contributed by atoms with Crippen LogP contribution in [0.1, 0.15) is 38.3 Å². The first-order valence-electron chi connectivity index (χ1n) is 6.76. The van der Waals surface area contributed by atoms with Crippen LogP contribution in [-0.2, 0) is 16.2 Å². The van der Waals surface area contributed by atoms with Gasteiger partial charge in [0.2, 0.25) is 10.0 Å². The number of sulfonamides is 1. The lowest BCUT2D eigenvalue weighted by Crippen LogP contribution is -2.41. The van der Waals surface area contributed by atoms with Crippen molar-refractivity contribution in [1.29, 1.82) is 0 Å². The molecule has 0 spiro atoms. The molecule has 0 saturated heterocycles. The van der Waals surface area contributed by atoms with Crippen molar-refractivity contribution in [3.8, 4) is 0 Å². The molecule has 1 aliphatic carbocycles. The number of pyridine rings is 1. The maximum atomic E-state index is 12.4. The third kappa shape index (κ3) is 3.94. The third-order valence-corrected chi connectivity index (χ3v) is 5.23. The largest absolute Gasteiger partial charge is 0.433 e. The van der Waals surface area contributed by atoms with E-state index in [4.69, 9.17) is 0 Å². The molecule has 1 fully saturated rings. The molecule has 21 heavy (non-hydrogen) atoms. The Morgan fingerprint density at radius 1 is 1.24 bits per heavy atom. The van der Waals surface area contributed by atoms with Gasteiger partial charge in [-0.05, 0) is 30.9 Å². The first-order valence-corrected chi connectivity index (χ1v) is 8.24. The van der Waals surface area contributed by atoms with Gasteiger partial charge in [-0.15, -0.1) is 0 Å². The van der Waals surface area contributed by atoms with Crippen molar-refractivity contribution in [2.24, 2.45) is 5.92 Å². The van der Waals surface area contributed by atoms with E-state index in [2.05, 4.69) is 9.71 Å². The van der Waals surface area contributed by atoms with Crippen molar-refractivity contribution >= 4 is 10.0 Å². The van der Waals surface area contributed by atoms with E-state index in [1.807, 2.05) is 6.92 Å². The van der Waals surface area contributed by atoms with Gasteiger partial charge in [-0.2, -0.15) is 13.2 Å². The summed E-state index contributed by atoms with van der Waals surface area (Å²) in [5, 5.41) is 0. The molecule has 1 aromatic heterocycles. The SMILES string of the molecule is CC1CCCCC1NS(=O)(=O)c1ccc(C(F)(F)F)nc1. The monoisotopic (exact) mass is 322 g/mol. The summed E-state index contributed by atoms with van der Waals surface area (Å²) in [6.07, 6.45) is -0.122. The van der Waals surface area contributed by atoms with Crippen molar-refractivity contribution in [1.82, 2.24) is 9.71 Å². The number of nitrogens with one attached hydrogen (secondary N) is 1. The van der Waals surface area contributed by atoms with Gasteiger partial charge in [-0.25, -0.2) is 13.1 Å². The lowest BCUT2D eigenvalue weighted by Gasteiger charge is -2.29. The molecule has 0 aromatic carbocycles. The zero-order valence-corrected chi connectivity index (χ0v) is 12.3. The maximum absolute atomic E-state index is 12.4. The van der Waals surface area contributed by atoms with Crippen LogP contribution in [-0.4, -0.2) is 19.4 Å². The third-order valence-electron chi connectivity index (χ3n) is 3.76. The summed E-state index contributed by atoms with van der Waals surface area (Å²) in [5.41, 5.74) is -1.10. The Balaban J connectivity index is 2.16. The quantitative estimate of drug-likeness (QED) is 0.931. The fourth-order valence-electron chi connectivity index (χ4n) is 2.47. The predicted octanol–water partition coefficient (Wildman–Crippen LogP) is 2.96. The summed E-state index contributed by atoms with van der Waals surface area (Å²) in [7, 11) is -3.83. The molecule has 0 radical (unpaired) electrons. The van der Waals surface area contributed by atoms with Gasteiger partial charge in [-0.3, -0.25) is 4.98 Å². The van der Waals surface area contributed by atoms with E-state index in [1.54, 1.807) is 0 Å². The van der Waals surface area contributed by atoms with Crippen molar-refractivity contribution in [2.75, 3.05) is 0 Å². The number of hydrogen-bond acceptors (Lipinski definition) is 3. The van der Waals surface area contributed by atoms with Gasteiger partial charge in [0.25, 0.3) is 0 Å². The Bertz CT molecular complexity index is 584. The molecule has 118 valence electrons. The predicted molar refractivity (Wildman–Crippen MR) is 71.0 cm³/mol. The smallest absolute Gasteiger partial charge is 0.250 e. The molecule has 1 N–H and O–H groups in total. The molecule has 1 aliphatic rings. The van der Waals surface area contributed by atoms with Gasteiger partial charge >= 0.3 is 6.18 Å². The summed E-state index contributed by atoms with van der Waals surface area (Å²) in [6, 6.07) is 1.44. The summed E-state index contributed by atoms with van der Waals surface area (Å²) >= 11 is 0. The molecule has 1 aromatic rings. The average molecular weight is 322 g/mol. The van der Waals surface area contributed by atoms with E-state index in [0.29, 0.717) is 6.07 Å². The van der Waals surface area contributed by atoms with E-state index in [9.17, 15) is 21.6 Å². The summed E-state index contributed by atoms with van der Waals surface area (Å²) in [4.78, 5) is 2.94. The van der Waals surface area contributed by atoms with E-state index >= 15 is 0 Å². The van der Waals surface area contributed by atoms with Gasteiger partial charge in [0.05, 0.1) is 0 Å². The Morgan fingerprint density at radius 2 is 1.90 bits per heavy atom. The summed E-state index contributed by atoms with van der Waals surface area (Å²) < 4.78 is 64.2. The highest BCUT2D eigenvalue weighted by Gasteiger charge is 2.33. The molecule has 2 rings (SSSR count). The molecular formula is C13H17F3N2O2S. The van der Waals surface area contributed by atoms with E-state index in [-0.39, 0.29) is 16.9 Å². The second-order valence-electron chi connectivity index (χ2n) is 5.37. The number of rotatable bonds is 3.